The highest BCUT2D eigenvalue weighted by atomic mass is 16.3. The van der Waals surface area contributed by atoms with Gasteiger partial charge in [0.05, 0.1) is 16.7 Å². The van der Waals surface area contributed by atoms with Crippen molar-refractivity contribution in [3.05, 3.63) is 194 Å². The van der Waals surface area contributed by atoms with E-state index in [1.54, 1.807) is 0 Å². The first-order chi connectivity index (χ1) is 25.3. The van der Waals surface area contributed by atoms with Crippen LogP contribution >= 0.6 is 0 Å². The smallest absolute Gasteiger partial charge is 0.159 e. The van der Waals surface area contributed by atoms with E-state index in [9.17, 15) is 0 Å². The van der Waals surface area contributed by atoms with Crippen molar-refractivity contribution >= 4 is 60.8 Å². The highest BCUT2D eigenvalue weighted by Gasteiger charge is 2.21. The number of benzene rings is 8. The summed E-state index contributed by atoms with van der Waals surface area (Å²) in [7, 11) is 0. The van der Waals surface area contributed by atoms with Crippen molar-refractivity contribution in [2.24, 2.45) is 0 Å². The van der Waals surface area contributed by atoms with E-state index in [1.165, 1.54) is 44.1 Å². The lowest BCUT2D eigenvalue weighted by atomic mass is 10.00. The van der Waals surface area contributed by atoms with E-state index in [1.807, 2.05) is 12.1 Å². The molecule has 0 bridgehead atoms. The number of hydrogen-bond acceptors (Lipinski definition) is 2. The lowest BCUT2D eigenvalue weighted by Crippen LogP contribution is -2.10. The van der Waals surface area contributed by atoms with Gasteiger partial charge in [0.25, 0.3) is 0 Å². The van der Waals surface area contributed by atoms with E-state index in [-0.39, 0.29) is 0 Å². The quantitative estimate of drug-likeness (QED) is 0.178. The fourth-order valence-corrected chi connectivity index (χ4v) is 7.58. The number of fused-ring (bicyclic) bond motifs is 6. The fraction of sp³-hybridized carbons (Fsp3) is 0. The molecule has 0 atom stereocenters. The van der Waals surface area contributed by atoms with E-state index in [0.29, 0.717) is 0 Å². The second-order valence-electron chi connectivity index (χ2n) is 13.0. The maximum absolute atomic E-state index is 6.62. The number of anilines is 3. The van der Waals surface area contributed by atoms with Crippen LogP contribution < -0.4 is 4.90 Å². The zero-order chi connectivity index (χ0) is 33.7. The van der Waals surface area contributed by atoms with Crippen LogP contribution in [-0.2, 0) is 0 Å². The molecule has 0 radical (unpaired) electrons. The van der Waals surface area contributed by atoms with Crippen molar-refractivity contribution in [3.63, 3.8) is 0 Å². The van der Waals surface area contributed by atoms with Gasteiger partial charge in [-0.2, -0.15) is 0 Å². The minimum atomic E-state index is 0.867. The van der Waals surface area contributed by atoms with Gasteiger partial charge in [-0.15, -0.1) is 0 Å². The summed E-state index contributed by atoms with van der Waals surface area (Å²) < 4.78 is 8.98. The van der Waals surface area contributed by atoms with Crippen LogP contribution in [0.4, 0.5) is 17.1 Å². The van der Waals surface area contributed by atoms with Crippen LogP contribution in [0.25, 0.3) is 71.7 Å². The van der Waals surface area contributed by atoms with E-state index in [0.717, 1.165) is 44.7 Å². The average Bonchev–Trinajstić information content (AvgIpc) is 3.75. The third kappa shape index (κ3) is 4.90. The van der Waals surface area contributed by atoms with Gasteiger partial charge in [0.2, 0.25) is 0 Å². The van der Waals surface area contributed by atoms with Crippen molar-refractivity contribution in [3.8, 4) is 27.9 Å². The fourth-order valence-electron chi connectivity index (χ4n) is 7.58. The Labute approximate surface area is 295 Å². The SMILES string of the molecule is c1ccc(-c2ccc(-c3ccc(N(c4ccc5c(c4)c4ccccc4n5-c4ccccc4)c4cccc5c4oc4ccccc45)cc3)cc2)cc1. The molecule has 0 saturated carbocycles. The Bertz CT molecular complexity index is 2830. The van der Waals surface area contributed by atoms with Gasteiger partial charge in [0, 0.05) is 38.6 Å². The Morgan fingerprint density at radius 1 is 0.373 bits per heavy atom. The van der Waals surface area contributed by atoms with Gasteiger partial charge in [-0.1, -0.05) is 133 Å². The number of aromatic nitrogens is 1. The predicted octanol–water partition coefficient (Wildman–Crippen LogP) is 13.5. The first-order valence-electron chi connectivity index (χ1n) is 17.4. The van der Waals surface area contributed by atoms with Crippen LogP contribution in [0.5, 0.6) is 0 Å². The van der Waals surface area contributed by atoms with E-state index < -0.39 is 0 Å². The molecule has 0 fully saturated rings. The molecule has 8 aromatic carbocycles. The van der Waals surface area contributed by atoms with Gasteiger partial charge in [-0.3, -0.25) is 0 Å². The molecule has 3 nitrogen and oxygen atoms in total. The molecule has 3 heteroatoms. The Balaban J connectivity index is 1.14. The predicted molar refractivity (Wildman–Crippen MR) is 214 cm³/mol. The van der Waals surface area contributed by atoms with Gasteiger partial charge in [0.15, 0.2) is 5.58 Å². The molecule has 0 aliphatic rings. The molecule has 0 unspecified atom stereocenters. The second kappa shape index (κ2) is 11.9. The molecule has 51 heavy (non-hydrogen) atoms. The summed E-state index contributed by atoms with van der Waals surface area (Å²) in [4.78, 5) is 2.33. The largest absolute Gasteiger partial charge is 0.454 e. The summed E-state index contributed by atoms with van der Waals surface area (Å²) in [6.07, 6.45) is 0. The van der Waals surface area contributed by atoms with Gasteiger partial charge in [-0.25, -0.2) is 0 Å². The van der Waals surface area contributed by atoms with Crippen LogP contribution in [0.2, 0.25) is 0 Å². The lowest BCUT2D eigenvalue weighted by Gasteiger charge is -2.26. The highest BCUT2D eigenvalue weighted by molar-refractivity contribution is 6.13. The number of nitrogens with zero attached hydrogens (tertiary/aromatic N) is 2. The van der Waals surface area contributed by atoms with Crippen molar-refractivity contribution < 1.29 is 4.42 Å². The molecule has 0 saturated heterocycles. The molecular formula is C48H32N2O. The summed E-state index contributed by atoms with van der Waals surface area (Å²) in [5, 5.41) is 4.63. The minimum absolute atomic E-state index is 0.867. The van der Waals surface area contributed by atoms with Crippen LogP contribution in [0.15, 0.2) is 199 Å². The number of rotatable bonds is 6. The number of para-hydroxylation sites is 4. The molecule has 10 rings (SSSR count). The molecule has 2 heterocycles. The molecule has 2 aromatic heterocycles. The molecule has 240 valence electrons. The summed E-state index contributed by atoms with van der Waals surface area (Å²) in [5.74, 6) is 0. The highest BCUT2D eigenvalue weighted by Crippen LogP contribution is 2.44. The van der Waals surface area contributed by atoms with Crippen LogP contribution in [0.1, 0.15) is 0 Å². The summed E-state index contributed by atoms with van der Waals surface area (Å²) in [6, 6.07) is 69.1. The molecule has 10 aromatic rings. The van der Waals surface area contributed by atoms with Crippen LogP contribution in [0, 0.1) is 0 Å². The van der Waals surface area contributed by atoms with Gasteiger partial charge in [0.1, 0.15) is 5.58 Å². The third-order valence-corrected chi connectivity index (χ3v) is 10.0. The van der Waals surface area contributed by atoms with Crippen molar-refractivity contribution in [2.45, 2.75) is 0 Å². The van der Waals surface area contributed by atoms with E-state index in [4.69, 9.17) is 4.42 Å². The third-order valence-electron chi connectivity index (χ3n) is 10.0. The van der Waals surface area contributed by atoms with Gasteiger partial charge >= 0.3 is 0 Å². The van der Waals surface area contributed by atoms with Crippen LogP contribution in [0.3, 0.4) is 0 Å². The van der Waals surface area contributed by atoms with Crippen molar-refractivity contribution in [1.29, 1.82) is 0 Å². The first-order valence-corrected chi connectivity index (χ1v) is 17.4. The van der Waals surface area contributed by atoms with Crippen molar-refractivity contribution in [1.82, 2.24) is 4.57 Å². The average molecular weight is 653 g/mol. The van der Waals surface area contributed by atoms with Crippen LogP contribution in [-0.4, -0.2) is 4.57 Å². The summed E-state index contributed by atoms with van der Waals surface area (Å²) in [6.45, 7) is 0. The Hall–Kier alpha value is -6.84. The molecule has 0 amide bonds. The zero-order valence-electron chi connectivity index (χ0n) is 27.8. The normalized spacial score (nSPS) is 11.5. The maximum atomic E-state index is 6.62. The molecule has 0 spiro atoms. The Morgan fingerprint density at radius 3 is 1.67 bits per heavy atom. The Morgan fingerprint density at radius 2 is 0.922 bits per heavy atom. The van der Waals surface area contributed by atoms with E-state index >= 15 is 0 Å². The molecule has 0 aliphatic carbocycles. The molecule has 0 aliphatic heterocycles. The molecular weight excluding hydrogens is 621 g/mol. The van der Waals surface area contributed by atoms with Gasteiger partial charge in [-0.05, 0) is 82.9 Å². The summed E-state index contributed by atoms with van der Waals surface area (Å²) in [5.41, 5.74) is 13.1. The zero-order valence-corrected chi connectivity index (χ0v) is 27.8. The second-order valence-corrected chi connectivity index (χ2v) is 13.0. The minimum Gasteiger partial charge on any atom is -0.454 e. The number of furan rings is 1. The van der Waals surface area contributed by atoms with Gasteiger partial charge < -0.3 is 13.9 Å². The lowest BCUT2D eigenvalue weighted by molar-refractivity contribution is 0.669. The first kappa shape index (κ1) is 29.1. The summed E-state index contributed by atoms with van der Waals surface area (Å²) >= 11 is 0. The van der Waals surface area contributed by atoms with E-state index in [2.05, 4.69) is 191 Å². The Kier molecular flexibility index (Phi) is 6.81. The maximum Gasteiger partial charge on any atom is 0.159 e. The topological polar surface area (TPSA) is 21.3 Å². The monoisotopic (exact) mass is 652 g/mol. The number of hydrogen-bond donors (Lipinski definition) is 0. The standard InChI is InChI=1S/C48H32N2O/c1-3-12-33(13-4-1)34-22-24-35(25-23-34)36-26-28-38(29-27-36)49(46-20-11-18-42-41-17-8-10-21-47(41)51-48(42)46)39-30-31-45-43(32-39)40-16-7-9-19-44(40)50(45)37-14-5-2-6-15-37/h1-32H. The van der Waals surface area contributed by atoms with Crippen molar-refractivity contribution in [2.75, 3.05) is 4.90 Å². The molecule has 0 N–H and O–H groups in total.